The van der Waals surface area contributed by atoms with E-state index in [1.807, 2.05) is 35.1 Å². The number of nitrogens with zero attached hydrogens (tertiary/aromatic N) is 4. The Morgan fingerprint density at radius 2 is 1.97 bits per heavy atom. The minimum Gasteiger partial charge on any atom is -0.360 e. The molecule has 0 unspecified atom stereocenters. The van der Waals surface area contributed by atoms with E-state index >= 15 is 0 Å². The summed E-state index contributed by atoms with van der Waals surface area (Å²) in [4.78, 5) is 14.6. The normalized spacial score (nSPS) is 17.3. The van der Waals surface area contributed by atoms with Crippen molar-refractivity contribution in [2.45, 2.75) is 37.9 Å². The molecule has 8 heteroatoms. The van der Waals surface area contributed by atoms with E-state index in [1.54, 1.807) is 6.07 Å². The highest BCUT2D eigenvalue weighted by atomic mass is 35.5. The first-order valence-corrected chi connectivity index (χ1v) is 10.3. The maximum atomic E-state index is 12.3. The van der Waals surface area contributed by atoms with Crippen molar-refractivity contribution < 1.29 is 9.32 Å². The lowest BCUT2D eigenvalue weighted by Gasteiger charge is -2.39. The first-order valence-electron chi connectivity index (χ1n) is 9.88. The summed E-state index contributed by atoms with van der Waals surface area (Å²) >= 11 is 5.93. The molecule has 29 heavy (non-hydrogen) atoms. The highest BCUT2D eigenvalue weighted by Crippen LogP contribution is 2.40. The first-order chi connectivity index (χ1) is 14.1. The van der Waals surface area contributed by atoms with Crippen molar-refractivity contribution in [2.75, 3.05) is 13.1 Å². The summed E-state index contributed by atoms with van der Waals surface area (Å²) in [6.45, 7) is 3.18. The van der Waals surface area contributed by atoms with Gasteiger partial charge in [-0.1, -0.05) is 28.9 Å². The molecule has 7 nitrogen and oxygen atoms in total. The Morgan fingerprint density at radius 3 is 2.72 bits per heavy atom. The molecule has 1 amide bonds. The van der Waals surface area contributed by atoms with Gasteiger partial charge in [-0.15, -0.1) is 0 Å². The lowest BCUT2D eigenvalue weighted by molar-refractivity contribution is 0.0787. The number of hydrogen-bond acceptors (Lipinski definition) is 5. The molecule has 1 N–H and O–H groups in total. The average Bonchev–Trinajstić information content (AvgIpc) is 3.24. The maximum absolute atomic E-state index is 12.3. The third-order valence-corrected chi connectivity index (χ3v) is 5.64. The molecule has 0 spiro atoms. The molecule has 0 radical (unpaired) electrons. The number of benzene rings is 1. The van der Waals surface area contributed by atoms with E-state index in [0.717, 1.165) is 60.9 Å². The fraction of sp³-hybridized carbons (Fsp3) is 0.381. The smallest absolute Gasteiger partial charge is 0.273 e. The van der Waals surface area contributed by atoms with Crippen LogP contribution in [0.3, 0.4) is 0 Å². The third kappa shape index (κ3) is 4.36. The van der Waals surface area contributed by atoms with Crippen molar-refractivity contribution in [3.8, 4) is 0 Å². The molecule has 1 saturated carbocycles. The summed E-state index contributed by atoms with van der Waals surface area (Å²) in [5.41, 5.74) is 2.71. The van der Waals surface area contributed by atoms with Crippen molar-refractivity contribution in [3.05, 3.63) is 70.3 Å². The summed E-state index contributed by atoms with van der Waals surface area (Å²) in [6, 6.07) is 9.72. The summed E-state index contributed by atoms with van der Waals surface area (Å²) in [6.07, 6.45) is 6.22. The molecule has 150 valence electrons. The van der Waals surface area contributed by atoms with Crippen LogP contribution in [0.25, 0.3) is 0 Å². The largest absolute Gasteiger partial charge is 0.360 e. The van der Waals surface area contributed by atoms with E-state index < -0.39 is 0 Å². The van der Waals surface area contributed by atoms with Crippen molar-refractivity contribution in [1.29, 1.82) is 0 Å². The van der Waals surface area contributed by atoms with Gasteiger partial charge in [0.2, 0.25) is 0 Å². The van der Waals surface area contributed by atoms with Gasteiger partial charge in [-0.25, -0.2) is 0 Å². The van der Waals surface area contributed by atoms with Crippen LogP contribution in [0.1, 0.15) is 46.1 Å². The standard InChI is InChI=1S/C21H22ClN5O2/c22-17-5-1-14(2-6-17)10-27-11-15(8-23-27)9-26-12-18(13-26)24-21(28)19-7-20(29-25-19)16-3-4-16/h1-2,5-8,11,16,18H,3-4,9-10,12-13H2,(H,24,28). The van der Waals surface area contributed by atoms with Crippen LogP contribution in [-0.4, -0.2) is 44.9 Å². The number of rotatable bonds is 7. The SMILES string of the molecule is O=C(NC1CN(Cc2cnn(Cc3ccc(Cl)cc3)c2)C1)c1cc(C2CC2)on1. The Hall–Kier alpha value is -2.64. The van der Waals surface area contributed by atoms with Crippen molar-refractivity contribution >= 4 is 17.5 Å². The zero-order valence-corrected chi connectivity index (χ0v) is 16.7. The van der Waals surface area contributed by atoms with Gasteiger partial charge in [0.15, 0.2) is 5.69 Å². The molecule has 0 atom stereocenters. The predicted molar refractivity (Wildman–Crippen MR) is 108 cm³/mol. The Labute approximate surface area is 173 Å². The Kier molecular flexibility index (Phi) is 4.85. The highest BCUT2D eigenvalue weighted by molar-refractivity contribution is 6.30. The second-order valence-electron chi connectivity index (χ2n) is 7.93. The number of aromatic nitrogens is 3. The second kappa shape index (κ2) is 7.65. The van der Waals surface area contributed by atoms with Gasteiger partial charge in [0.1, 0.15) is 5.76 Å². The van der Waals surface area contributed by atoms with E-state index in [2.05, 4.69) is 26.7 Å². The van der Waals surface area contributed by atoms with Gasteiger partial charge in [0.05, 0.1) is 18.8 Å². The Bertz CT molecular complexity index is 1000. The van der Waals surface area contributed by atoms with Crippen LogP contribution >= 0.6 is 11.6 Å². The van der Waals surface area contributed by atoms with Gasteiger partial charge in [-0.05, 0) is 30.5 Å². The molecule has 3 heterocycles. The molecule has 1 aliphatic carbocycles. The second-order valence-corrected chi connectivity index (χ2v) is 8.36. The minimum absolute atomic E-state index is 0.146. The molecule has 3 aromatic rings. The average molecular weight is 412 g/mol. The van der Waals surface area contributed by atoms with Gasteiger partial charge in [-0.3, -0.25) is 14.4 Å². The number of halogens is 1. The van der Waals surface area contributed by atoms with Crippen LogP contribution < -0.4 is 5.32 Å². The zero-order chi connectivity index (χ0) is 19.8. The number of likely N-dealkylation sites (tertiary alicyclic amines) is 1. The number of carbonyl (C=O) groups excluding carboxylic acids is 1. The zero-order valence-electron chi connectivity index (χ0n) is 15.9. The fourth-order valence-corrected chi connectivity index (χ4v) is 3.74. The number of hydrogen-bond donors (Lipinski definition) is 1. The van der Waals surface area contributed by atoms with Crippen molar-refractivity contribution in [3.63, 3.8) is 0 Å². The van der Waals surface area contributed by atoms with E-state index in [4.69, 9.17) is 16.1 Å². The van der Waals surface area contributed by atoms with Gasteiger partial charge in [0, 0.05) is 48.4 Å². The van der Waals surface area contributed by atoms with E-state index in [9.17, 15) is 4.79 Å². The Balaban J connectivity index is 1.08. The molecule has 2 aromatic heterocycles. The number of amides is 1. The van der Waals surface area contributed by atoms with E-state index in [1.165, 1.54) is 0 Å². The molecule has 5 rings (SSSR count). The molecule has 0 bridgehead atoms. The fourth-order valence-electron chi connectivity index (χ4n) is 3.62. The lowest BCUT2D eigenvalue weighted by atomic mass is 10.1. The minimum atomic E-state index is -0.152. The van der Waals surface area contributed by atoms with Gasteiger partial charge < -0.3 is 9.84 Å². The van der Waals surface area contributed by atoms with Crippen LogP contribution in [0, 0.1) is 0 Å². The van der Waals surface area contributed by atoms with Crippen molar-refractivity contribution in [1.82, 2.24) is 25.2 Å². The highest BCUT2D eigenvalue weighted by Gasteiger charge is 2.31. The van der Waals surface area contributed by atoms with Crippen LogP contribution in [-0.2, 0) is 13.1 Å². The molecule has 2 fully saturated rings. The van der Waals surface area contributed by atoms with Gasteiger partial charge >= 0.3 is 0 Å². The number of carbonyl (C=O) groups is 1. The van der Waals surface area contributed by atoms with E-state index in [0.29, 0.717) is 11.6 Å². The van der Waals surface area contributed by atoms with Gasteiger partial charge in [-0.2, -0.15) is 5.10 Å². The summed E-state index contributed by atoms with van der Waals surface area (Å²) in [7, 11) is 0. The van der Waals surface area contributed by atoms with Crippen LogP contribution in [0.15, 0.2) is 47.2 Å². The molecule has 1 aromatic carbocycles. The quantitative estimate of drug-likeness (QED) is 0.646. The molecule has 2 aliphatic rings. The number of nitrogens with one attached hydrogen (secondary N) is 1. The predicted octanol–water partition coefficient (Wildman–Crippen LogP) is 3.06. The summed E-state index contributed by atoms with van der Waals surface area (Å²) in [5, 5.41) is 12.1. The third-order valence-electron chi connectivity index (χ3n) is 5.38. The van der Waals surface area contributed by atoms with Gasteiger partial charge in [0.25, 0.3) is 5.91 Å². The molecular formula is C21H22ClN5O2. The van der Waals surface area contributed by atoms with Crippen molar-refractivity contribution in [2.24, 2.45) is 0 Å². The topological polar surface area (TPSA) is 76.2 Å². The molecule has 1 aliphatic heterocycles. The van der Waals surface area contributed by atoms with E-state index in [-0.39, 0.29) is 11.9 Å². The first kappa shape index (κ1) is 18.4. The molecular weight excluding hydrogens is 390 g/mol. The summed E-state index contributed by atoms with van der Waals surface area (Å²) < 4.78 is 7.19. The lowest BCUT2D eigenvalue weighted by Crippen LogP contribution is -2.58. The Morgan fingerprint density at radius 1 is 1.17 bits per heavy atom. The maximum Gasteiger partial charge on any atom is 0.273 e. The monoisotopic (exact) mass is 411 g/mol. The van der Waals surface area contributed by atoms with Crippen LogP contribution in [0.5, 0.6) is 0 Å². The summed E-state index contributed by atoms with van der Waals surface area (Å²) in [5.74, 6) is 1.14. The van der Waals surface area contributed by atoms with Crippen LogP contribution in [0.2, 0.25) is 5.02 Å². The van der Waals surface area contributed by atoms with Crippen LogP contribution in [0.4, 0.5) is 0 Å². The molecule has 1 saturated heterocycles.